The molecule has 3 fully saturated rings. The Kier molecular flexibility index (Phi) is 5.71. The molecular weight excluding hydrogens is 358 g/mol. The number of nitrogens with zero attached hydrogens (tertiary/aromatic N) is 3. The second-order valence-electron chi connectivity index (χ2n) is 8.04. The van der Waals surface area contributed by atoms with Crippen LogP contribution < -0.4 is 4.74 Å². The number of carbonyl (C=O) groups is 2. The Morgan fingerprint density at radius 2 is 1.79 bits per heavy atom. The summed E-state index contributed by atoms with van der Waals surface area (Å²) in [7, 11) is 0. The molecule has 0 radical (unpaired) electrons. The van der Waals surface area contributed by atoms with Crippen LogP contribution in [0.4, 0.5) is 4.79 Å². The SMILES string of the molecule is O=C([C@@H]1C[C@H](Oc2ccccc2)CN1C(=O)O)N1CCCN(C2CCC2)CC1. The molecule has 2 amide bonds. The monoisotopic (exact) mass is 387 g/mol. The summed E-state index contributed by atoms with van der Waals surface area (Å²) in [4.78, 5) is 30.5. The maximum absolute atomic E-state index is 13.2. The molecule has 1 N–H and O–H groups in total. The number of hydrogen-bond acceptors (Lipinski definition) is 4. The minimum Gasteiger partial charge on any atom is -0.488 e. The minimum atomic E-state index is -1.05. The number of carbonyl (C=O) groups excluding carboxylic acids is 1. The molecule has 7 nitrogen and oxygen atoms in total. The smallest absolute Gasteiger partial charge is 0.408 e. The van der Waals surface area contributed by atoms with Crippen LogP contribution >= 0.6 is 0 Å². The van der Waals surface area contributed by atoms with Crippen molar-refractivity contribution in [3.8, 4) is 5.75 Å². The fraction of sp³-hybridized carbons (Fsp3) is 0.619. The number of carboxylic acid groups (broad SMARTS) is 1. The van der Waals surface area contributed by atoms with Crippen molar-refractivity contribution in [1.29, 1.82) is 0 Å². The highest BCUT2D eigenvalue weighted by Gasteiger charge is 2.43. The van der Waals surface area contributed by atoms with Gasteiger partial charge in [0, 0.05) is 38.6 Å². The second-order valence-corrected chi connectivity index (χ2v) is 8.04. The van der Waals surface area contributed by atoms with Gasteiger partial charge in [0.15, 0.2) is 0 Å². The molecule has 1 aromatic carbocycles. The number of likely N-dealkylation sites (tertiary alicyclic amines) is 1. The number of hydrogen-bond donors (Lipinski definition) is 1. The second kappa shape index (κ2) is 8.39. The molecule has 0 spiro atoms. The Morgan fingerprint density at radius 3 is 2.46 bits per heavy atom. The van der Waals surface area contributed by atoms with Gasteiger partial charge in [-0.1, -0.05) is 24.6 Å². The van der Waals surface area contributed by atoms with E-state index in [1.807, 2.05) is 35.2 Å². The molecule has 0 aromatic heterocycles. The van der Waals surface area contributed by atoms with Gasteiger partial charge < -0.3 is 14.7 Å². The third-order valence-corrected chi connectivity index (χ3v) is 6.27. The number of rotatable bonds is 4. The Balaban J connectivity index is 1.39. The predicted octanol–water partition coefficient (Wildman–Crippen LogP) is 2.27. The molecule has 4 rings (SSSR count). The van der Waals surface area contributed by atoms with Crippen LogP contribution in [0.1, 0.15) is 32.1 Å². The molecule has 3 aliphatic rings. The number of ether oxygens (including phenoxy) is 1. The van der Waals surface area contributed by atoms with Crippen LogP contribution in [0, 0.1) is 0 Å². The van der Waals surface area contributed by atoms with Gasteiger partial charge in [-0.05, 0) is 31.4 Å². The largest absolute Gasteiger partial charge is 0.488 e. The van der Waals surface area contributed by atoms with E-state index in [0.29, 0.717) is 31.3 Å². The zero-order chi connectivity index (χ0) is 19.5. The lowest BCUT2D eigenvalue weighted by atomic mass is 9.91. The maximum Gasteiger partial charge on any atom is 0.408 e. The first-order valence-electron chi connectivity index (χ1n) is 10.4. The van der Waals surface area contributed by atoms with Crippen molar-refractivity contribution in [3.63, 3.8) is 0 Å². The first-order chi connectivity index (χ1) is 13.6. The Morgan fingerprint density at radius 1 is 1.00 bits per heavy atom. The van der Waals surface area contributed by atoms with Crippen molar-refractivity contribution in [2.24, 2.45) is 0 Å². The van der Waals surface area contributed by atoms with Gasteiger partial charge >= 0.3 is 6.09 Å². The normalized spacial score (nSPS) is 26.6. The predicted molar refractivity (Wildman–Crippen MR) is 104 cm³/mol. The molecule has 1 aliphatic carbocycles. The maximum atomic E-state index is 13.2. The summed E-state index contributed by atoms with van der Waals surface area (Å²) >= 11 is 0. The summed E-state index contributed by atoms with van der Waals surface area (Å²) in [6, 6.07) is 9.40. The van der Waals surface area contributed by atoms with E-state index < -0.39 is 12.1 Å². The van der Waals surface area contributed by atoms with Crippen LogP contribution in [0.2, 0.25) is 0 Å². The van der Waals surface area contributed by atoms with E-state index in [-0.39, 0.29) is 18.6 Å². The van der Waals surface area contributed by atoms with Crippen LogP contribution in [-0.2, 0) is 4.79 Å². The van der Waals surface area contributed by atoms with Crippen molar-refractivity contribution < 1.29 is 19.4 Å². The van der Waals surface area contributed by atoms with Crippen molar-refractivity contribution in [1.82, 2.24) is 14.7 Å². The lowest BCUT2D eigenvalue weighted by Gasteiger charge is -2.36. The average molecular weight is 387 g/mol. The van der Waals surface area contributed by atoms with E-state index in [4.69, 9.17) is 4.74 Å². The molecule has 2 saturated heterocycles. The van der Waals surface area contributed by atoms with E-state index in [1.54, 1.807) is 0 Å². The minimum absolute atomic E-state index is 0.0722. The molecule has 2 heterocycles. The third-order valence-electron chi connectivity index (χ3n) is 6.27. The van der Waals surface area contributed by atoms with Gasteiger partial charge in [-0.25, -0.2) is 4.79 Å². The third kappa shape index (κ3) is 4.09. The molecule has 1 saturated carbocycles. The highest BCUT2D eigenvalue weighted by molar-refractivity contribution is 5.86. The first-order valence-corrected chi connectivity index (χ1v) is 10.4. The number of para-hydroxylation sites is 1. The van der Waals surface area contributed by atoms with Crippen LogP contribution in [0.5, 0.6) is 5.75 Å². The number of benzene rings is 1. The van der Waals surface area contributed by atoms with Gasteiger partial charge in [0.2, 0.25) is 5.91 Å². The lowest BCUT2D eigenvalue weighted by molar-refractivity contribution is -0.135. The summed E-state index contributed by atoms with van der Waals surface area (Å²) in [5.74, 6) is 0.633. The van der Waals surface area contributed by atoms with Crippen LogP contribution in [0.3, 0.4) is 0 Å². The van der Waals surface area contributed by atoms with E-state index >= 15 is 0 Å². The fourth-order valence-electron chi connectivity index (χ4n) is 4.51. The zero-order valence-electron chi connectivity index (χ0n) is 16.2. The van der Waals surface area contributed by atoms with Crippen LogP contribution in [-0.4, -0.2) is 82.7 Å². The van der Waals surface area contributed by atoms with Gasteiger partial charge in [-0.15, -0.1) is 0 Å². The van der Waals surface area contributed by atoms with Crippen LogP contribution in [0.25, 0.3) is 0 Å². The molecule has 2 aliphatic heterocycles. The first kappa shape index (κ1) is 19.1. The molecule has 28 heavy (non-hydrogen) atoms. The molecule has 2 atom stereocenters. The van der Waals surface area contributed by atoms with Gasteiger partial charge in [0.05, 0.1) is 6.54 Å². The molecule has 7 heteroatoms. The van der Waals surface area contributed by atoms with Gasteiger partial charge in [0.25, 0.3) is 0 Å². The van der Waals surface area contributed by atoms with Crippen molar-refractivity contribution in [3.05, 3.63) is 30.3 Å². The molecule has 0 bridgehead atoms. The van der Waals surface area contributed by atoms with Crippen molar-refractivity contribution in [2.45, 2.75) is 50.3 Å². The summed E-state index contributed by atoms with van der Waals surface area (Å²) in [6.07, 6.45) is 3.84. The lowest BCUT2D eigenvalue weighted by Crippen LogP contribution is -2.49. The average Bonchev–Trinajstić information content (AvgIpc) is 2.92. The highest BCUT2D eigenvalue weighted by Crippen LogP contribution is 2.27. The van der Waals surface area contributed by atoms with E-state index in [1.165, 1.54) is 24.2 Å². The number of amides is 2. The summed E-state index contributed by atoms with van der Waals surface area (Å²) < 4.78 is 5.93. The fourth-order valence-corrected chi connectivity index (χ4v) is 4.51. The van der Waals surface area contributed by atoms with Gasteiger partial charge in [0.1, 0.15) is 17.9 Å². The Bertz CT molecular complexity index is 694. The molecule has 1 aromatic rings. The molecule has 0 unspecified atom stereocenters. The zero-order valence-corrected chi connectivity index (χ0v) is 16.2. The van der Waals surface area contributed by atoms with E-state index in [0.717, 1.165) is 19.5 Å². The quantitative estimate of drug-likeness (QED) is 0.858. The van der Waals surface area contributed by atoms with Crippen molar-refractivity contribution in [2.75, 3.05) is 32.7 Å². The summed E-state index contributed by atoms with van der Waals surface area (Å²) in [6.45, 7) is 3.53. The van der Waals surface area contributed by atoms with Gasteiger partial charge in [-0.3, -0.25) is 14.6 Å². The Labute approximate surface area is 165 Å². The van der Waals surface area contributed by atoms with Crippen molar-refractivity contribution >= 4 is 12.0 Å². The molecule has 152 valence electrons. The summed E-state index contributed by atoms with van der Waals surface area (Å²) in [5, 5.41) is 9.62. The highest BCUT2D eigenvalue weighted by atomic mass is 16.5. The summed E-state index contributed by atoms with van der Waals surface area (Å²) in [5.41, 5.74) is 0. The topological polar surface area (TPSA) is 73.3 Å². The van der Waals surface area contributed by atoms with Crippen LogP contribution in [0.15, 0.2) is 30.3 Å². The van der Waals surface area contributed by atoms with Gasteiger partial charge in [-0.2, -0.15) is 0 Å². The van der Waals surface area contributed by atoms with E-state index in [9.17, 15) is 14.7 Å². The van der Waals surface area contributed by atoms with E-state index in [2.05, 4.69) is 4.90 Å². The Hall–Kier alpha value is -2.28. The molecular formula is C21H29N3O4. The standard InChI is InChI=1S/C21H29N3O4/c25-20(23-11-5-10-22(12-13-23)16-6-4-7-16)19-14-18(15-24(19)21(26)27)28-17-8-2-1-3-9-17/h1-3,8-9,16,18-19H,4-7,10-15H2,(H,26,27)/t18-,19-/m0/s1.